The van der Waals surface area contributed by atoms with Crippen molar-refractivity contribution in [3.05, 3.63) is 0 Å². The molecule has 0 spiro atoms. The third-order valence-electron chi connectivity index (χ3n) is 5.22. The first-order chi connectivity index (χ1) is 8.81. The summed E-state index contributed by atoms with van der Waals surface area (Å²) < 4.78 is 0. The molecule has 0 unspecified atom stereocenters. The summed E-state index contributed by atoms with van der Waals surface area (Å²) >= 11 is 0. The molecule has 2 aliphatic rings. The van der Waals surface area contributed by atoms with Crippen molar-refractivity contribution in [3.8, 4) is 0 Å². The molecular weight excluding hydrogens is 220 g/mol. The lowest BCUT2D eigenvalue weighted by molar-refractivity contribution is -0.129. The van der Waals surface area contributed by atoms with Gasteiger partial charge >= 0.3 is 0 Å². The minimum absolute atomic E-state index is 0.436. The zero-order chi connectivity index (χ0) is 12.8. The van der Waals surface area contributed by atoms with Crippen LogP contribution in [0, 0.1) is 17.8 Å². The number of Topliss-reactive ketones (excluding diaryl/α,β-unsaturated/α-hetero) is 1. The van der Waals surface area contributed by atoms with Crippen LogP contribution >= 0.6 is 0 Å². The molecule has 0 bridgehead atoms. The highest BCUT2D eigenvalue weighted by molar-refractivity contribution is 5.83. The molecule has 0 aliphatic heterocycles. The smallest absolute Gasteiger partial charge is 0.139 e. The van der Waals surface area contributed by atoms with Crippen LogP contribution in [0.2, 0.25) is 0 Å². The largest absolute Gasteiger partial charge is 0.299 e. The van der Waals surface area contributed by atoms with Gasteiger partial charge in [0.1, 0.15) is 5.78 Å². The van der Waals surface area contributed by atoms with Gasteiger partial charge in [0.05, 0.1) is 0 Å². The van der Waals surface area contributed by atoms with Crippen LogP contribution in [-0.4, -0.2) is 5.78 Å². The Hall–Kier alpha value is -0.330. The van der Waals surface area contributed by atoms with Crippen molar-refractivity contribution in [1.29, 1.82) is 0 Å². The number of rotatable bonds is 5. The Bertz CT molecular complexity index is 244. The first-order valence-corrected chi connectivity index (χ1v) is 8.35. The Labute approximate surface area is 113 Å². The molecule has 0 heterocycles. The van der Waals surface area contributed by atoms with Crippen molar-refractivity contribution in [1.82, 2.24) is 0 Å². The van der Waals surface area contributed by atoms with E-state index in [9.17, 15) is 4.79 Å². The van der Waals surface area contributed by atoms with E-state index >= 15 is 0 Å². The molecule has 0 atom stereocenters. The zero-order valence-electron chi connectivity index (χ0n) is 12.1. The topological polar surface area (TPSA) is 17.1 Å². The maximum Gasteiger partial charge on any atom is 0.139 e. The molecule has 0 radical (unpaired) electrons. The fourth-order valence-electron chi connectivity index (χ4n) is 3.95. The molecule has 1 heteroatoms. The van der Waals surface area contributed by atoms with Crippen molar-refractivity contribution in [2.24, 2.45) is 17.8 Å². The van der Waals surface area contributed by atoms with Crippen LogP contribution in [-0.2, 0) is 4.79 Å². The van der Waals surface area contributed by atoms with Gasteiger partial charge in [-0.15, -0.1) is 0 Å². The average molecular weight is 250 g/mol. The van der Waals surface area contributed by atoms with Gasteiger partial charge in [-0.05, 0) is 44.4 Å². The van der Waals surface area contributed by atoms with E-state index in [4.69, 9.17) is 0 Å². The van der Waals surface area contributed by atoms with Crippen LogP contribution in [0.3, 0.4) is 0 Å². The number of carbonyl (C=O) groups is 1. The fourth-order valence-corrected chi connectivity index (χ4v) is 3.95. The number of hydrogen-bond acceptors (Lipinski definition) is 1. The zero-order valence-corrected chi connectivity index (χ0v) is 12.1. The van der Waals surface area contributed by atoms with E-state index in [1.807, 2.05) is 0 Å². The third-order valence-corrected chi connectivity index (χ3v) is 5.22. The monoisotopic (exact) mass is 250 g/mol. The molecule has 0 amide bonds. The van der Waals surface area contributed by atoms with Gasteiger partial charge < -0.3 is 0 Å². The van der Waals surface area contributed by atoms with Gasteiger partial charge in [0.15, 0.2) is 0 Å². The van der Waals surface area contributed by atoms with Crippen LogP contribution in [0.15, 0.2) is 0 Å². The Morgan fingerprint density at radius 2 is 1.50 bits per heavy atom. The summed E-state index contributed by atoms with van der Waals surface area (Å²) in [5, 5.41) is 0. The Balaban J connectivity index is 1.73. The molecule has 0 aromatic heterocycles. The summed E-state index contributed by atoms with van der Waals surface area (Å²) in [4.78, 5) is 12.5. The van der Waals surface area contributed by atoms with E-state index in [2.05, 4.69) is 6.92 Å². The highest BCUT2D eigenvalue weighted by Gasteiger charge is 2.31. The van der Waals surface area contributed by atoms with E-state index in [0.717, 1.165) is 5.92 Å². The molecule has 2 aliphatic carbocycles. The number of hydrogen-bond donors (Lipinski definition) is 0. The maximum atomic E-state index is 12.5. The van der Waals surface area contributed by atoms with Crippen molar-refractivity contribution < 1.29 is 4.79 Å². The van der Waals surface area contributed by atoms with Crippen LogP contribution in [0.4, 0.5) is 0 Å². The predicted molar refractivity (Wildman–Crippen MR) is 76.6 cm³/mol. The molecule has 2 rings (SSSR count). The van der Waals surface area contributed by atoms with Crippen LogP contribution < -0.4 is 0 Å². The Kier molecular flexibility index (Phi) is 5.72. The van der Waals surface area contributed by atoms with Gasteiger partial charge in [0.25, 0.3) is 0 Å². The van der Waals surface area contributed by atoms with E-state index in [1.165, 1.54) is 77.0 Å². The SMILES string of the molecule is CCCCC1CCC(C(=O)C2CCCCC2)CC1. The molecule has 0 saturated heterocycles. The highest BCUT2D eigenvalue weighted by atomic mass is 16.1. The summed E-state index contributed by atoms with van der Waals surface area (Å²) in [6, 6.07) is 0. The molecule has 2 saturated carbocycles. The third kappa shape index (κ3) is 3.83. The Morgan fingerprint density at radius 3 is 2.11 bits per heavy atom. The highest BCUT2D eigenvalue weighted by Crippen LogP contribution is 2.36. The van der Waals surface area contributed by atoms with E-state index in [0.29, 0.717) is 17.6 Å². The molecular formula is C17H30O. The minimum Gasteiger partial charge on any atom is -0.299 e. The second-order valence-corrected chi connectivity index (χ2v) is 6.60. The van der Waals surface area contributed by atoms with Gasteiger partial charge in [-0.3, -0.25) is 4.79 Å². The molecule has 18 heavy (non-hydrogen) atoms. The second-order valence-electron chi connectivity index (χ2n) is 6.60. The standard InChI is InChI=1S/C17H30O/c1-2-3-7-14-10-12-16(13-11-14)17(18)15-8-5-4-6-9-15/h14-16H,2-13H2,1H3. The van der Waals surface area contributed by atoms with E-state index < -0.39 is 0 Å². The van der Waals surface area contributed by atoms with Gasteiger partial charge in [0.2, 0.25) is 0 Å². The molecule has 2 fully saturated rings. The van der Waals surface area contributed by atoms with Crippen molar-refractivity contribution in [2.45, 2.75) is 84.0 Å². The summed E-state index contributed by atoms with van der Waals surface area (Å²) in [7, 11) is 0. The summed E-state index contributed by atoms with van der Waals surface area (Å²) in [5.74, 6) is 2.45. The number of ketones is 1. The molecule has 1 nitrogen and oxygen atoms in total. The lowest BCUT2D eigenvalue weighted by Gasteiger charge is -2.31. The fraction of sp³-hybridized carbons (Fsp3) is 0.941. The van der Waals surface area contributed by atoms with Crippen LogP contribution in [0.1, 0.15) is 84.0 Å². The summed E-state index contributed by atoms with van der Waals surface area (Å²) in [6.07, 6.45) is 15.5. The maximum absolute atomic E-state index is 12.5. The van der Waals surface area contributed by atoms with Crippen LogP contribution in [0.25, 0.3) is 0 Å². The first-order valence-electron chi connectivity index (χ1n) is 8.35. The molecule has 104 valence electrons. The quantitative estimate of drug-likeness (QED) is 0.661. The normalized spacial score (nSPS) is 30.3. The van der Waals surface area contributed by atoms with Crippen LogP contribution in [0.5, 0.6) is 0 Å². The summed E-state index contributed by atoms with van der Waals surface area (Å²) in [6.45, 7) is 2.28. The average Bonchev–Trinajstić information content (AvgIpc) is 2.46. The molecule has 0 aromatic carbocycles. The Morgan fingerprint density at radius 1 is 0.889 bits per heavy atom. The van der Waals surface area contributed by atoms with Gasteiger partial charge in [-0.25, -0.2) is 0 Å². The van der Waals surface area contributed by atoms with Gasteiger partial charge in [-0.2, -0.15) is 0 Å². The molecule has 0 N–H and O–H groups in total. The van der Waals surface area contributed by atoms with E-state index in [-0.39, 0.29) is 0 Å². The second kappa shape index (κ2) is 7.31. The van der Waals surface area contributed by atoms with Crippen molar-refractivity contribution >= 4 is 5.78 Å². The van der Waals surface area contributed by atoms with Gasteiger partial charge in [0, 0.05) is 11.8 Å². The first kappa shape index (κ1) is 14.1. The van der Waals surface area contributed by atoms with Gasteiger partial charge in [-0.1, -0.05) is 45.4 Å². The lowest BCUT2D eigenvalue weighted by Crippen LogP contribution is -2.28. The number of carbonyl (C=O) groups excluding carboxylic acids is 1. The van der Waals surface area contributed by atoms with Crippen molar-refractivity contribution in [2.75, 3.05) is 0 Å². The lowest BCUT2D eigenvalue weighted by atomic mass is 9.73. The van der Waals surface area contributed by atoms with E-state index in [1.54, 1.807) is 0 Å². The predicted octanol–water partition coefficient (Wildman–Crippen LogP) is 5.13. The minimum atomic E-state index is 0.436. The van der Waals surface area contributed by atoms with Crippen molar-refractivity contribution in [3.63, 3.8) is 0 Å². The molecule has 0 aromatic rings. The number of unbranched alkanes of at least 4 members (excludes halogenated alkanes) is 1. The summed E-state index contributed by atoms with van der Waals surface area (Å²) in [5.41, 5.74) is 0.